The number of ether oxygens (including phenoxy) is 1. The third-order valence-corrected chi connectivity index (χ3v) is 4.10. The van der Waals surface area contributed by atoms with Crippen LogP contribution >= 0.6 is 15.9 Å². The third kappa shape index (κ3) is 3.09. The Bertz CT molecular complexity index is 365. The molecule has 2 nitrogen and oxygen atoms in total. The van der Waals surface area contributed by atoms with Gasteiger partial charge in [-0.15, -0.1) is 0 Å². The summed E-state index contributed by atoms with van der Waals surface area (Å²) in [6.07, 6.45) is 0.149. The summed E-state index contributed by atoms with van der Waals surface area (Å²) in [5.41, 5.74) is 1.24. The molecule has 4 atom stereocenters. The maximum atomic E-state index is 6.05. The van der Waals surface area contributed by atoms with E-state index in [0.717, 1.165) is 11.1 Å². The molecule has 17 heavy (non-hydrogen) atoms. The highest BCUT2D eigenvalue weighted by Gasteiger charge is 2.28. The van der Waals surface area contributed by atoms with Crippen LogP contribution in [0.4, 0.5) is 0 Å². The number of halogens is 1. The molecular weight excluding hydrogens is 278 g/mol. The van der Waals surface area contributed by atoms with Crippen molar-refractivity contribution in [3.63, 3.8) is 0 Å². The van der Waals surface area contributed by atoms with E-state index in [1.54, 1.807) is 0 Å². The van der Waals surface area contributed by atoms with Gasteiger partial charge in [0.25, 0.3) is 0 Å². The fourth-order valence-corrected chi connectivity index (χ4v) is 2.51. The summed E-state index contributed by atoms with van der Waals surface area (Å²) in [6, 6.07) is 9.26. The van der Waals surface area contributed by atoms with Crippen molar-refractivity contribution in [1.29, 1.82) is 0 Å². The molecule has 4 unspecified atom stereocenters. The molecule has 0 radical (unpaired) electrons. The topological polar surface area (TPSA) is 21.3 Å². The van der Waals surface area contributed by atoms with Gasteiger partial charge in [0.15, 0.2) is 0 Å². The zero-order valence-electron chi connectivity index (χ0n) is 10.6. The van der Waals surface area contributed by atoms with Crippen LogP contribution in [0.15, 0.2) is 28.7 Å². The van der Waals surface area contributed by atoms with Crippen molar-refractivity contribution < 1.29 is 4.74 Å². The first kappa shape index (κ1) is 13.1. The fraction of sp³-hybridized carbons (Fsp3) is 0.571. The minimum Gasteiger partial charge on any atom is -0.372 e. The van der Waals surface area contributed by atoms with Gasteiger partial charge in [-0.2, -0.15) is 0 Å². The van der Waals surface area contributed by atoms with Crippen molar-refractivity contribution in [1.82, 2.24) is 5.32 Å². The molecule has 0 aliphatic carbocycles. The van der Waals surface area contributed by atoms with Gasteiger partial charge >= 0.3 is 0 Å². The van der Waals surface area contributed by atoms with Gasteiger partial charge in [-0.05, 0) is 37.5 Å². The van der Waals surface area contributed by atoms with Gasteiger partial charge < -0.3 is 10.1 Å². The van der Waals surface area contributed by atoms with Crippen molar-refractivity contribution in [2.75, 3.05) is 6.61 Å². The van der Waals surface area contributed by atoms with Gasteiger partial charge in [0.05, 0.1) is 12.7 Å². The maximum Gasteiger partial charge on any atom is 0.0975 e. The van der Waals surface area contributed by atoms with Crippen LogP contribution in [0.5, 0.6) is 0 Å². The van der Waals surface area contributed by atoms with E-state index in [-0.39, 0.29) is 6.10 Å². The summed E-state index contributed by atoms with van der Waals surface area (Å²) in [6.45, 7) is 7.48. The van der Waals surface area contributed by atoms with Crippen LogP contribution in [0.3, 0.4) is 0 Å². The number of hydrogen-bond donors (Lipinski definition) is 1. The zero-order valence-corrected chi connectivity index (χ0v) is 12.2. The molecule has 3 heteroatoms. The van der Waals surface area contributed by atoms with E-state index in [2.05, 4.69) is 66.3 Å². The molecule has 1 aromatic rings. The fourth-order valence-electron chi connectivity index (χ4n) is 2.25. The van der Waals surface area contributed by atoms with Crippen molar-refractivity contribution in [3.05, 3.63) is 34.3 Å². The average molecular weight is 298 g/mol. The van der Waals surface area contributed by atoms with Crippen LogP contribution in [-0.4, -0.2) is 18.7 Å². The molecule has 0 bridgehead atoms. The van der Waals surface area contributed by atoms with Gasteiger partial charge in [0.2, 0.25) is 0 Å². The largest absolute Gasteiger partial charge is 0.372 e. The van der Waals surface area contributed by atoms with Gasteiger partial charge in [0.1, 0.15) is 0 Å². The molecule has 0 amide bonds. The first-order valence-electron chi connectivity index (χ1n) is 6.21. The SMILES string of the molecule is CC1COC(c2ccc(Br)cc2)C(C)NC1C. The van der Waals surface area contributed by atoms with Crippen LogP contribution < -0.4 is 5.32 Å². The Morgan fingerprint density at radius 3 is 2.41 bits per heavy atom. The molecule has 1 saturated heterocycles. The molecule has 1 aromatic carbocycles. The second-order valence-electron chi connectivity index (χ2n) is 5.03. The number of benzene rings is 1. The molecule has 1 N–H and O–H groups in total. The molecular formula is C14H20BrNO. The van der Waals surface area contributed by atoms with Gasteiger partial charge in [0, 0.05) is 16.6 Å². The second kappa shape index (κ2) is 5.51. The van der Waals surface area contributed by atoms with E-state index in [9.17, 15) is 0 Å². The molecule has 1 aliphatic rings. The number of hydrogen-bond acceptors (Lipinski definition) is 2. The predicted octanol–water partition coefficient (Wildman–Crippen LogP) is 3.52. The van der Waals surface area contributed by atoms with Gasteiger partial charge in [-0.3, -0.25) is 0 Å². The Balaban J connectivity index is 2.17. The maximum absolute atomic E-state index is 6.05. The summed E-state index contributed by atoms with van der Waals surface area (Å²) in [5, 5.41) is 3.62. The molecule has 1 aliphatic heterocycles. The van der Waals surface area contributed by atoms with Crippen molar-refractivity contribution in [2.45, 2.75) is 39.0 Å². The lowest BCUT2D eigenvalue weighted by atomic mass is 10.0. The standard InChI is InChI=1S/C14H20BrNO/c1-9-8-17-14(11(3)16-10(9)2)12-4-6-13(15)7-5-12/h4-7,9-11,14,16H,8H2,1-3H3. The van der Waals surface area contributed by atoms with Gasteiger partial charge in [-0.25, -0.2) is 0 Å². The molecule has 1 fully saturated rings. The van der Waals surface area contributed by atoms with Crippen molar-refractivity contribution >= 4 is 15.9 Å². The van der Waals surface area contributed by atoms with Gasteiger partial charge in [-0.1, -0.05) is 35.0 Å². The molecule has 2 rings (SSSR count). The quantitative estimate of drug-likeness (QED) is 0.856. The Morgan fingerprint density at radius 1 is 1.12 bits per heavy atom. The lowest BCUT2D eigenvalue weighted by Gasteiger charge is -2.24. The first-order chi connectivity index (χ1) is 8.08. The molecule has 0 aromatic heterocycles. The molecule has 1 heterocycles. The van der Waals surface area contributed by atoms with Crippen LogP contribution in [0.1, 0.15) is 32.4 Å². The Morgan fingerprint density at radius 2 is 1.76 bits per heavy atom. The smallest absolute Gasteiger partial charge is 0.0975 e. The third-order valence-electron chi connectivity index (χ3n) is 3.57. The number of rotatable bonds is 1. The van der Waals surface area contributed by atoms with E-state index < -0.39 is 0 Å². The minimum atomic E-state index is 0.149. The Hall–Kier alpha value is -0.380. The monoisotopic (exact) mass is 297 g/mol. The van der Waals surface area contributed by atoms with Crippen LogP contribution in [0, 0.1) is 5.92 Å². The summed E-state index contributed by atoms with van der Waals surface area (Å²) < 4.78 is 7.15. The Kier molecular flexibility index (Phi) is 4.23. The van der Waals surface area contributed by atoms with E-state index in [0.29, 0.717) is 18.0 Å². The molecule has 94 valence electrons. The number of nitrogens with one attached hydrogen (secondary N) is 1. The lowest BCUT2D eigenvalue weighted by molar-refractivity contribution is 0.0329. The summed E-state index contributed by atoms with van der Waals surface area (Å²) in [5.74, 6) is 0.554. The normalized spacial score (nSPS) is 34.4. The zero-order chi connectivity index (χ0) is 12.4. The summed E-state index contributed by atoms with van der Waals surface area (Å²) >= 11 is 3.46. The molecule has 0 spiro atoms. The highest BCUT2D eigenvalue weighted by molar-refractivity contribution is 9.10. The lowest BCUT2D eigenvalue weighted by Crippen LogP contribution is -2.39. The van der Waals surface area contributed by atoms with Crippen LogP contribution in [0.2, 0.25) is 0 Å². The minimum absolute atomic E-state index is 0.149. The molecule has 0 saturated carbocycles. The van der Waals surface area contributed by atoms with Crippen molar-refractivity contribution in [3.8, 4) is 0 Å². The van der Waals surface area contributed by atoms with Crippen molar-refractivity contribution in [2.24, 2.45) is 5.92 Å². The highest BCUT2D eigenvalue weighted by atomic mass is 79.9. The van der Waals surface area contributed by atoms with Crippen LogP contribution in [-0.2, 0) is 4.74 Å². The highest BCUT2D eigenvalue weighted by Crippen LogP contribution is 2.27. The second-order valence-corrected chi connectivity index (χ2v) is 5.94. The van der Waals surface area contributed by atoms with Crippen LogP contribution in [0.25, 0.3) is 0 Å². The summed E-state index contributed by atoms with van der Waals surface area (Å²) in [7, 11) is 0. The Labute approximate surface area is 112 Å². The van der Waals surface area contributed by atoms with E-state index in [4.69, 9.17) is 4.74 Å². The van der Waals surface area contributed by atoms with E-state index in [1.165, 1.54) is 5.56 Å². The average Bonchev–Trinajstić information content (AvgIpc) is 2.42. The predicted molar refractivity (Wildman–Crippen MR) is 74.1 cm³/mol. The van der Waals surface area contributed by atoms with E-state index in [1.807, 2.05) is 0 Å². The van der Waals surface area contributed by atoms with E-state index >= 15 is 0 Å². The first-order valence-corrected chi connectivity index (χ1v) is 7.00. The summed E-state index contributed by atoms with van der Waals surface area (Å²) in [4.78, 5) is 0.